The van der Waals surface area contributed by atoms with E-state index < -0.39 is 16.7 Å². The lowest BCUT2D eigenvalue weighted by Crippen LogP contribution is -2.07. The first kappa shape index (κ1) is 19.0. The van der Waals surface area contributed by atoms with Crippen molar-refractivity contribution in [2.45, 2.75) is 13.5 Å². The van der Waals surface area contributed by atoms with Gasteiger partial charge in [0, 0.05) is 11.6 Å². The quantitative estimate of drug-likeness (QED) is 0.343. The molecular weight excluding hydrogens is 373 g/mol. The zero-order valence-electron chi connectivity index (χ0n) is 14.6. The van der Waals surface area contributed by atoms with E-state index in [4.69, 9.17) is 14.0 Å². The van der Waals surface area contributed by atoms with Crippen LogP contribution < -0.4 is 4.74 Å². The third-order valence-corrected chi connectivity index (χ3v) is 3.59. The summed E-state index contributed by atoms with van der Waals surface area (Å²) in [5.74, 6) is -0.903. The second kappa shape index (κ2) is 8.25. The molecule has 0 bridgehead atoms. The van der Waals surface area contributed by atoms with Gasteiger partial charge in [0.25, 0.3) is 5.89 Å². The van der Waals surface area contributed by atoms with Crippen molar-refractivity contribution in [2.24, 2.45) is 0 Å². The zero-order valence-corrected chi connectivity index (χ0v) is 14.6. The van der Waals surface area contributed by atoms with Crippen LogP contribution in [0.3, 0.4) is 0 Å². The molecule has 144 valence electrons. The second-order valence-electron chi connectivity index (χ2n) is 5.47. The zero-order chi connectivity index (χ0) is 20.1. The lowest BCUT2D eigenvalue weighted by molar-refractivity contribution is -0.385. The van der Waals surface area contributed by atoms with Crippen LogP contribution in [0, 0.1) is 15.9 Å². The molecule has 3 aromatic rings. The van der Waals surface area contributed by atoms with E-state index in [0.29, 0.717) is 5.56 Å². The second-order valence-corrected chi connectivity index (χ2v) is 5.47. The van der Waals surface area contributed by atoms with Gasteiger partial charge < -0.3 is 14.0 Å². The standard InChI is InChI=1S/C18H14FN3O6/c1-2-26-15-8-5-12(9-14(15)22(24)25)18(23)27-10-16-20-17(21-28-16)11-3-6-13(19)7-4-11/h3-9H,2,10H2,1H3. The molecule has 0 unspecified atom stereocenters. The first-order chi connectivity index (χ1) is 13.5. The SMILES string of the molecule is CCOc1ccc(C(=O)OCc2nc(-c3ccc(F)cc3)no2)cc1[N+](=O)[O-]. The summed E-state index contributed by atoms with van der Waals surface area (Å²) < 4.78 is 28.2. The van der Waals surface area contributed by atoms with Crippen molar-refractivity contribution in [3.8, 4) is 17.1 Å². The monoisotopic (exact) mass is 387 g/mol. The van der Waals surface area contributed by atoms with Gasteiger partial charge in [0.05, 0.1) is 17.1 Å². The molecule has 0 aliphatic heterocycles. The van der Waals surface area contributed by atoms with Gasteiger partial charge in [-0.1, -0.05) is 5.16 Å². The third-order valence-electron chi connectivity index (χ3n) is 3.59. The number of hydrogen-bond acceptors (Lipinski definition) is 8. The van der Waals surface area contributed by atoms with Crippen molar-refractivity contribution in [1.29, 1.82) is 0 Å². The Balaban J connectivity index is 1.68. The van der Waals surface area contributed by atoms with Gasteiger partial charge in [-0.05, 0) is 43.3 Å². The summed E-state index contributed by atoms with van der Waals surface area (Å²) in [6.45, 7) is 1.61. The number of esters is 1. The number of benzene rings is 2. The summed E-state index contributed by atoms with van der Waals surface area (Å²) >= 11 is 0. The van der Waals surface area contributed by atoms with E-state index in [9.17, 15) is 19.3 Å². The Kier molecular flexibility index (Phi) is 5.58. The third kappa shape index (κ3) is 4.29. The summed E-state index contributed by atoms with van der Waals surface area (Å²) in [5.41, 5.74) is 0.172. The molecule has 2 aromatic carbocycles. The van der Waals surface area contributed by atoms with Gasteiger partial charge in [-0.15, -0.1) is 0 Å². The van der Waals surface area contributed by atoms with Crippen LogP contribution >= 0.6 is 0 Å². The maximum absolute atomic E-state index is 13.0. The predicted octanol–water partition coefficient (Wildman–Crippen LogP) is 3.54. The molecule has 0 aliphatic rings. The maximum atomic E-state index is 13.0. The molecule has 10 heteroatoms. The first-order valence-corrected chi connectivity index (χ1v) is 8.15. The number of carbonyl (C=O) groups is 1. The summed E-state index contributed by atoms with van der Waals surface area (Å²) in [7, 11) is 0. The van der Waals surface area contributed by atoms with E-state index in [2.05, 4.69) is 10.1 Å². The molecule has 0 aliphatic carbocycles. The molecule has 0 N–H and O–H groups in total. The van der Waals surface area contributed by atoms with Gasteiger partial charge >= 0.3 is 11.7 Å². The number of aromatic nitrogens is 2. The summed E-state index contributed by atoms with van der Waals surface area (Å²) in [4.78, 5) is 26.7. The van der Waals surface area contributed by atoms with E-state index >= 15 is 0 Å². The molecule has 0 saturated carbocycles. The lowest BCUT2D eigenvalue weighted by atomic mass is 10.2. The number of halogens is 1. The number of nitro groups is 1. The summed E-state index contributed by atoms with van der Waals surface area (Å²) in [6, 6.07) is 9.24. The fourth-order valence-corrected chi connectivity index (χ4v) is 2.30. The van der Waals surface area contributed by atoms with Crippen LogP contribution in [-0.2, 0) is 11.3 Å². The highest BCUT2D eigenvalue weighted by Crippen LogP contribution is 2.28. The molecule has 0 saturated heterocycles. The molecule has 0 amide bonds. The highest BCUT2D eigenvalue weighted by atomic mass is 19.1. The van der Waals surface area contributed by atoms with Crippen molar-refractivity contribution in [3.05, 3.63) is 69.9 Å². The maximum Gasteiger partial charge on any atom is 0.338 e. The van der Waals surface area contributed by atoms with E-state index in [-0.39, 0.29) is 41.9 Å². The van der Waals surface area contributed by atoms with E-state index in [1.165, 1.54) is 36.4 Å². The average molecular weight is 387 g/mol. The normalized spacial score (nSPS) is 10.5. The highest BCUT2D eigenvalue weighted by molar-refractivity contribution is 5.90. The fraction of sp³-hybridized carbons (Fsp3) is 0.167. The fourth-order valence-electron chi connectivity index (χ4n) is 2.30. The minimum absolute atomic E-state index is 0.0200. The van der Waals surface area contributed by atoms with E-state index in [1.807, 2.05) is 0 Å². The molecule has 0 fully saturated rings. The number of ether oxygens (including phenoxy) is 2. The summed E-state index contributed by atoms with van der Waals surface area (Å²) in [6.07, 6.45) is 0. The molecule has 0 radical (unpaired) electrons. The Hall–Kier alpha value is -3.82. The molecular formula is C18H14FN3O6. The van der Waals surface area contributed by atoms with Crippen LogP contribution in [0.4, 0.5) is 10.1 Å². The minimum atomic E-state index is -0.798. The Morgan fingerprint density at radius 2 is 2.00 bits per heavy atom. The molecule has 28 heavy (non-hydrogen) atoms. The van der Waals surface area contributed by atoms with Crippen molar-refractivity contribution in [2.75, 3.05) is 6.61 Å². The molecule has 1 heterocycles. The van der Waals surface area contributed by atoms with Gasteiger partial charge in [-0.2, -0.15) is 4.98 Å². The number of rotatable bonds is 7. The van der Waals surface area contributed by atoms with Crippen LogP contribution in [0.15, 0.2) is 47.0 Å². The first-order valence-electron chi connectivity index (χ1n) is 8.15. The molecule has 9 nitrogen and oxygen atoms in total. The van der Waals surface area contributed by atoms with Gasteiger partial charge in [-0.3, -0.25) is 10.1 Å². The van der Waals surface area contributed by atoms with Crippen LogP contribution in [0.1, 0.15) is 23.2 Å². The molecule has 0 spiro atoms. The van der Waals surface area contributed by atoms with Crippen molar-refractivity contribution in [1.82, 2.24) is 10.1 Å². The van der Waals surface area contributed by atoms with Crippen LogP contribution in [0.25, 0.3) is 11.4 Å². The Morgan fingerprint density at radius 1 is 1.25 bits per heavy atom. The average Bonchev–Trinajstić information content (AvgIpc) is 3.16. The summed E-state index contributed by atoms with van der Waals surface area (Å²) in [5, 5.41) is 14.9. The minimum Gasteiger partial charge on any atom is -0.487 e. The Morgan fingerprint density at radius 3 is 2.68 bits per heavy atom. The van der Waals surface area contributed by atoms with Gasteiger partial charge in [0.1, 0.15) is 5.82 Å². The van der Waals surface area contributed by atoms with Crippen molar-refractivity contribution in [3.63, 3.8) is 0 Å². The topological polar surface area (TPSA) is 118 Å². The Labute approximate surface area is 157 Å². The van der Waals surface area contributed by atoms with E-state index in [0.717, 1.165) is 6.07 Å². The van der Waals surface area contributed by atoms with Crippen LogP contribution in [0.2, 0.25) is 0 Å². The lowest BCUT2D eigenvalue weighted by Gasteiger charge is -2.06. The van der Waals surface area contributed by atoms with E-state index in [1.54, 1.807) is 6.92 Å². The number of nitrogens with zero attached hydrogens (tertiary/aromatic N) is 3. The Bertz CT molecular complexity index is 1000. The molecule has 0 atom stereocenters. The van der Waals surface area contributed by atoms with Crippen molar-refractivity contribution >= 4 is 11.7 Å². The highest BCUT2D eigenvalue weighted by Gasteiger charge is 2.20. The largest absolute Gasteiger partial charge is 0.487 e. The number of hydrogen-bond donors (Lipinski definition) is 0. The van der Waals surface area contributed by atoms with Gasteiger partial charge in [0.15, 0.2) is 12.4 Å². The van der Waals surface area contributed by atoms with Crippen LogP contribution in [0.5, 0.6) is 5.75 Å². The van der Waals surface area contributed by atoms with Gasteiger partial charge in [-0.25, -0.2) is 9.18 Å². The molecule has 1 aromatic heterocycles. The number of carbonyl (C=O) groups excluding carboxylic acids is 1. The van der Waals surface area contributed by atoms with Crippen molar-refractivity contribution < 1.29 is 28.1 Å². The van der Waals surface area contributed by atoms with Crippen LogP contribution in [-0.4, -0.2) is 27.6 Å². The number of nitro benzene ring substituents is 1. The molecule has 3 rings (SSSR count). The smallest absolute Gasteiger partial charge is 0.338 e. The predicted molar refractivity (Wildman–Crippen MR) is 93.1 cm³/mol. The van der Waals surface area contributed by atoms with Gasteiger partial charge in [0.2, 0.25) is 5.82 Å².